The molecule has 6 heteroatoms. The lowest BCUT2D eigenvalue weighted by Gasteiger charge is -2.23. The van der Waals surface area contributed by atoms with Gasteiger partial charge >= 0.3 is 11.9 Å². The van der Waals surface area contributed by atoms with Gasteiger partial charge in [0.05, 0.1) is 24.9 Å². The molecule has 21 heavy (non-hydrogen) atoms. The second kappa shape index (κ2) is 8.00. The van der Waals surface area contributed by atoms with Crippen molar-refractivity contribution in [3.8, 4) is 0 Å². The monoisotopic (exact) mass is 299 g/mol. The van der Waals surface area contributed by atoms with Gasteiger partial charge in [-0.15, -0.1) is 0 Å². The Bertz CT molecular complexity index is 396. The van der Waals surface area contributed by atoms with E-state index >= 15 is 0 Å². The van der Waals surface area contributed by atoms with Gasteiger partial charge in [-0.2, -0.15) is 0 Å². The number of carbonyl (C=O) groups is 3. The molecule has 1 amide bonds. The molecule has 0 spiro atoms. The number of nitrogens with zero attached hydrogens (tertiary/aromatic N) is 1. The molecule has 0 heterocycles. The molecule has 0 aliphatic heterocycles. The van der Waals surface area contributed by atoms with Crippen LogP contribution in [0.4, 0.5) is 0 Å². The summed E-state index contributed by atoms with van der Waals surface area (Å²) in [7, 11) is 1.61. The molecule has 1 unspecified atom stereocenters. The van der Waals surface area contributed by atoms with Crippen LogP contribution in [0.5, 0.6) is 0 Å². The quantitative estimate of drug-likeness (QED) is 0.721. The van der Waals surface area contributed by atoms with Crippen molar-refractivity contribution in [2.24, 2.45) is 17.8 Å². The lowest BCUT2D eigenvalue weighted by molar-refractivity contribution is -0.149. The van der Waals surface area contributed by atoms with Gasteiger partial charge in [-0.25, -0.2) is 0 Å². The van der Waals surface area contributed by atoms with E-state index in [1.54, 1.807) is 14.0 Å². The molecule has 0 aromatic carbocycles. The topological polar surface area (TPSA) is 83.9 Å². The number of esters is 1. The number of rotatable bonds is 7. The average Bonchev–Trinajstić information content (AvgIpc) is 2.88. The third kappa shape index (κ3) is 4.72. The first kappa shape index (κ1) is 17.5. The van der Waals surface area contributed by atoms with Crippen molar-refractivity contribution in [1.82, 2.24) is 4.90 Å². The number of carboxylic acids is 1. The van der Waals surface area contributed by atoms with E-state index in [1.165, 1.54) is 4.90 Å². The van der Waals surface area contributed by atoms with Crippen molar-refractivity contribution in [2.45, 2.75) is 39.5 Å². The van der Waals surface area contributed by atoms with Crippen LogP contribution in [0.3, 0.4) is 0 Å². The SMILES string of the molecule is CCOC(=O)CCN(C)C(=O)[C@H]1CC(CC)C[C@H]1C(=O)O. The lowest BCUT2D eigenvalue weighted by Crippen LogP contribution is -2.38. The van der Waals surface area contributed by atoms with Crippen LogP contribution in [0, 0.1) is 17.8 Å². The van der Waals surface area contributed by atoms with E-state index in [2.05, 4.69) is 0 Å². The molecule has 0 radical (unpaired) electrons. The van der Waals surface area contributed by atoms with E-state index in [4.69, 9.17) is 4.74 Å². The highest BCUT2D eigenvalue weighted by Crippen LogP contribution is 2.39. The van der Waals surface area contributed by atoms with Crippen LogP contribution >= 0.6 is 0 Å². The summed E-state index contributed by atoms with van der Waals surface area (Å²) in [5, 5.41) is 9.27. The number of amides is 1. The Kier molecular flexibility index (Phi) is 6.65. The molecule has 1 aliphatic carbocycles. The zero-order valence-electron chi connectivity index (χ0n) is 13.0. The molecule has 1 fully saturated rings. The fourth-order valence-corrected chi connectivity index (χ4v) is 2.91. The van der Waals surface area contributed by atoms with Crippen LogP contribution in [0.1, 0.15) is 39.5 Å². The van der Waals surface area contributed by atoms with Gasteiger partial charge in [-0.3, -0.25) is 14.4 Å². The summed E-state index contributed by atoms with van der Waals surface area (Å²) in [6.45, 7) is 4.32. The number of hydrogen-bond donors (Lipinski definition) is 1. The number of carboxylic acid groups (broad SMARTS) is 1. The maximum atomic E-state index is 12.4. The number of ether oxygens (including phenoxy) is 1. The van der Waals surface area contributed by atoms with Gasteiger partial charge in [0.2, 0.25) is 5.91 Å². The Hall–Kier alpha value is -1.59. The van der Waals surface area contributed by atoms with Crippen LogP contribution in [0.15, 0.2) is 0 Å². The van der Waals surface area contributed by atoms with E-state index in [1.807, 2.05) is 6.92 Å². The first-order valence-corrected chi connectivity index (χ1v) is 7.54. The van der Waals surface area contributed by atoms with Crippen LogP contribution in [0.2, 0.25) is 0 Å². The Morgan fingerprint density at radius 2 is 1.81 bits per heavy atom. The summed E-state index contributed by atoms with van der Waals surface area (Å²) >= 11 is 0. The van der Waals surface area contributed by atoms with Gasteiger partial charge in [0, 0.05) is 13.6 Å². The highest BCUT2D eigenvalue weighted by molar-refractivity contribution is 5.85. The minimum atomic E-state index is -0.900. The fourth-order valence-electron chi connectivity index (χ4n) is 2.91. The normalized spacial score (nSPS) is 24.6. The van der Waals surface area contributed by atoms with Crippen molar-refractivity contribution < 1.29 is 24.2 Å². The first-order chi connectivity index (χ1) is 9.90. The predicted molar refractivity (Wildman–Crippen MR) is 76.5 cm³/mol. The Morgan fingerprint density at radius 3 is 2.33 bits per heavy atom. The smallest absolute Gasteiger partial charge is 0.307 e. The molecule has 0 bridgehead atoms. The van der Waals surface area contributed by atoms with Crippen molar-refractivity contribution in [3.05, 3.63) is 0 Å². The van der Waals surface area contributed by atoms with Gasteiger partial charge in [-0.1, -0.05) is 13.3 Å². The Balaban J connectivity index is 2.59. The molecule has 6 nitrogen and oxygen atoms in total. The third-order valence-corrected chi connectivity index (χ3v) is 4.20. The highest BCUT2D eigenvalue weighted by atomic mass is 16.5. The fraction of sp³-hybridized carbons (Fsp3) is 0.800. The summed E-state index contributed by atoms with van der Waals surface area (Å²) in [5.74, 6) is -2.21. The maximum Gasteiger partial charge on any atom is 0.307 e. The van der Waals surface area contributed by atoms with E-state index < -0.39 is 17.8 Å². The molecule has 0 aromatic heterocycles. The highest BCUT2D eigenvalue weighted by Gasteiger charge is 2.43. The Morgan fingerprint density at radius 1 is 1.19 bits per heavy atom. The third-order valence-electron chi connectivity index (χ3n) is 4.20. The lowest BCUT2D eigenvalue weighted by atomic mass is 9.95. The molecule has 3 atom stereocenters. The molecular formula is C15H25NO5. The van der Waals surface area contributed by atoms with E-state index in [0.29, 0.717) is 25.4 Å². The molecule has 120 valence electrons. The largest absolute Gasteiger partial charge is 0.481 e. The zero-order valence-corrected chi connectivity index (χ0v) is 13.0. The summed E-state index contributed by atoms with van der Waals surface area (Å²) in [5.41, 5.74) is 0. The standard InChI is InChI=1S/C15H25NO5/c1-4-10-8-11(12(9-10)15(19)20)14(18)16(3)7-6-13(17)21-5-2/h10-12H,4-9H2,1-3H3,(H,19,20)/t10?,11-,12+/m0/s1. The second-order valence-corrected chi connectivity index (χ2v) is 5.61. The first-order valence-electron chi connectivity index (χ1n) is 7.54. The molecule has 1 rings (SSSR count). The van der Waals surface area contributed by atoms with Gasteiger partial charge in [0.25, 0.3) is 0 Å². The summed E-state index contributed by atoms with van der Waals surface area (Å²) in [6, 6.07) is 0. The van der Waals surface area contributed by atoms with Gasteiger partial charge in [0.15, 0.2) is 0 Å². The van der Waals surface area contributed by atoms with E-state index in [-0.39, 0.29) is 24.8 Å². The Labute approximate surface area is 125 Å². The molecule has 1 aliphatic rings. The molecule has 0 saturated heterocycles. The maximum absolute atomic E-state index is 12.4. The molecule has 0 aromatic rings. The number of carbonyl (C=O) groups excluding carboxylic acids is 2. The van der Waals surface area contributed by atoms with Crippen molar-refractivity contribution in [2.75, 3.05) is 20.2 Å². The summed E-state index contributed by atoms with van der Waals surface area (Å²) < 4.78 is 4.82. The van der Waals surface area contributed by atoms with Gasteiger partial charge in [0.1, 0.15) is 0 Å². The average molecular weight is 299 g/mol. The van der Waals surface area contributed by atoms with Crippen LogP contribution in [-0.2, 0) is 19.1 Å². The van der Waals surface area contributed by atoms with Crippen LogP contribution in [0.25, 0.3) is 0 Å². The molecular weight excluding hydrogens is 274 g/mol. The minimum Gasteiger partial charge on any atom is -0.481 e. The van der Waals surface area contributed by atoms with E-state index in [0.717, 1.165) is 6.42 Å². The predicted octanol–water partition coefficient (Wildman–Crippen LogP) is 1.54. The van der Waals surface area contributed by atoms with Crippen molar-refractivity contribution >= 4 is 17.8 Å². The van der Waals surface area contributed by atoms with Crippen molar-refractivity contribution in [3.63, 3.8) is 0 Å². The van der Waals surface area contributed by atoms with Crippen LogP contribution < -0.4 is 0 Å². The second-order valence-electron chi connectivity index (χ2n) is 5.61. The molecule has 1 N–H and O–H groups in total. The summed E-state index contributed by atoms with van der Waals surface area (Å²) in [6.07, 6.45) is 2.21. The van der Waals surface area contributed by atoms with Crippen LogP contribution in [-0.4, -0.2) is 48.1 Å². The number of hydrogen-bond acceptors (Lipinski definition) is 4. The number of aliphatic carboxylic acids is 1. The zero-order chi connectivity index (χ0) is 16.0. The van der Waals surface area contributed by atoms with E-state index in [9.17, 15) is 19.5 Å². The van der Waals surface area contributed by atoms with Crippen molar-refractivity contribution in [1.29, 1.82) is 0 Å². The summed E-state index contributed by atoms with van der Waals surface area (Å²) in [4.78, 5) is 36.5. The van der Waals surface area contributed by atoms with Gasteiger partial charge in [-0.05, 0) is 25.7 Å². The minimum absolute atomic E-state index is 0.137. The molecule has 1 saturated carbocycles. The van der Waals surface area contributed by atoms with Gasteiger partial charge < -0.3 is 14.7 Å².